The van der Waals surface area contributed by atoms with Gasteiger partial charge in [0.15, 0.2) is 5.82 Å². The summed E-state index contributed by atoms with van der Waals surface area (Å²) >= 11 is 0. The predicted octanol–water partition coefficient (Wildman–Crippen LogP) is 4.38. The minimum atomic E-state index is -0.223. The third-order valence-electron chi connectivity index (χ3n) is 6.09. The molecule has 2 aliphatic rings. The lowest BCUT2D eigenvalue weighted by Gasteiger charge is -2.43. The number of nitrogens with two attached hydrogens (primary N) is 1. The van der Waals surface area contributed by atoms with E-state index in [1.807, 2.05) is 0 Å². The van der Waals surface area contributed by atoms with E-state index < -0.39 is 0 Å². The van der Waals surface area contributed by atoms with Crippen molar-refractivity contribution in [1.82, 2.24) is 9.78 Å². The number of rotatable bonds is 3. The zero-order valence-corrected chi connectivity index (χ0v) is 15.0. The van der Waals surface area contributed by atoms with Gasteiger partial charge < -0.3 is 5.73 Å². The third-order valence-corrected chi connectivity index (χ3v) is 6.09. The molecule has 0 aliphatic heterocycles. The molecule has 4 rings (SSSR count). The van der Waals surface area contributed by atoms with E-state index in [2.05, 4.69) is 54.2 Å². The van der Waals surface area contributed by atoms with Crippen molar-refractivity contribution < 1.29 is 4.79 Å². The van der Waals surface area contributed by atoms with Gasteiger partial charge in [-0.05, 0) is 30.4 Å². The fraction of sp³-hybridized carbons (Fsp3) is 0.364. The summed E-state index contributed by atoms with van der Waals surface area (Å²) in [6, 6.07) is 10.7. The van der Waals surface area contributed by atoms with E-state index >= 15 is 0 Å². The Morgan fingerprint density at radius 2 is 1.96 bits per heavy atom. The average Bonchev–Trinajstić information content (AvgIpc) is 3.04. The summed E-state index contributed by atoms with van der Waals surface area (Å²) in [7, 11) is 0. The standard InChI is InChI=1S/C22H25N3O/c1-2-20(26)25-19-15-22(16-9-5-3-6-10-16,17-11-7-4-8-12-17)14-13-18(19)21(23)24-25/h2-3,5-6,9-10,13-14,17H,1,4,7-8,11-12,15H2,(H2,23,24). The number of nitrogens with zero attached hydrogens (tertiary/aromatic N) is 2. The second-order valence-electron chi connectivity index (χ2n) is 7.45. The first kappa shape index (κ1) is 16.8. The maximum absolute atomic E-state index is 12.3. The van der Waals surface area contributed by atoms with Crippen molar-refractivity contribution in [3.63, 3.8) is 0 Å². The highest BCUT2D eigenvalue weighted by atomic mass is 16.2. The fourth-order valence-electron chi connectivity index (χ4n) is 4.75. The molecule has 4 nitrogen and oxygen atoms in total. The van der Waals surface area contributed by atoms with Crippen LogP contribution in [0.2, 0.25) is 0 Å². The van der Waals surface area contributed by atoms with Gasteiger partial charge in [0.1, 0.15) is 0 Å². The smallest absolute Gasteiger partial charge is 0.270 e. The van der Waals surface area contributed by atoms with Crippen molar-refractivity contribution >= 4 is 17.8 Å². The predicted molar refractivity (Wildman–Crippen MR) is 105 cm³/mol. The Balaban J connectivity index is 1.85. The van der Waals surface area contributed by atoms with Gasteiger partial charge in [-0.3, -0.25) is 4.79 Å². The van der Waals surface area contributed by atoms with E-state index in [9.17, 15) is 4.79 Å². The lowest BCUT2D eigenvalue weighted by atomic mass is 9.61. The molecular weight excluding hydrogens is 322 g/mol. The van der Waals surface area contributed by atoms with Crippen molar-refractivity contribution in [2.45, 2.75) is 43.9 Å². The van der Waals surface area contributed by atoms with Crippen molar-refractivity contribution in [1.29, 1.82) is 0 Å². The highest BCUT2D eigenvalue weighted by Gasteiger charge is 2.42. The van der Waals surface area contributed by atoms with Crippen LogP contribution in [0.25, 0.3) is 6.08 Å². The van der Waals surface area contributed by atoms with E-state index in [1.165, 1.54) is 48.4 Å². The first-order valence-corrected chi connectivity index (χ1v) is 9.44. The molecule has 1 heterocycles. The van der Waals surface area contributed by atoms with Gasteiger partial charge in [0.25, 0.3) is 5.91 Å². The zero-order valence-electron chi connectivity index (χ0n) is 15.0. The molecule has 26 heavy (non-hydrogen) atoms. The zero-order chi connectivity index (χ0) is 18.1. The molecule has 0 bridgehead atoms. The molecule has 2 aliphatic carbocycles. The Kier molecular flexibility index (Phi) is 4.27. The highest BCUT2D eigenvalue weighted by molar-refractivity contribution is 5.90. The number of hydrogen-bond acceptors (Lipinski definition) is 3. The van der Waals surface area contributed by atoms with Crippen LogP contribution in [-0.2, 0) is 11.8 Å². The molecule has 1 saturated carbocycles. The maximum atomic E-state index is 12.3. The highest BCUT2D eigenvalue weighted by Crippen LogP contribution is 2.47. The number of carbonyl (C=O) groups excluding carboxylic acids is 1. The molecule has 4 heteroatoms. The number of aromatic nitrogens is 2. The van der Waals surface area contributed by atoms with E-state index in [1.54, 1.807) is 0 Å². The minimum absolute atomic E-state index is 0.111. The molecule has 1 unspecified atom stereocenters. The van der Waals surface area contributed by atoms with E-state index in [-0.39, 0.29) is 11.3 Å². The summed E-state index contributed by atoms with van der Waals surface area (Å²) < 4.78 is 1.45. The first-order valence-electron chi connectivity index (χ1n) is 9.44. The number of nitrogen functional groups attached to an aromatic ring is 1. The van der Waals surface area contributed by atoms with Crippen molar-refractivity contribution in [3.8, 4) is 0 Å². The van der Waals surface area contributed by atoms with Gasteiger partial charge in [0.2, 0.25) is 0 Å². The first-order chi connectivity index (χ1) is 12.7. The second kappa shape index (κ2) is 6.60. The molecule has 0 spiro atoms. The van der Waals surface area contributed by atoms with Crippen LogP contribution >= 0.6 is 0 Å². The summed E-state index contributed by atoms with van der Waals surface area (Å²) in [5.41, 5.74) is 9.08. The Bertz CT molecular complexity index is 859. The van der Waals surface area contributed by atoms with Crippen molar-refractivity contribution in [3.05, 3.63) is 65.9 Å². The SMILES string of the molecule is C=CC(=O)n1nc(N)c2c1CC(c1ccccc1)(C1CCCCC1)C=C2. The van der Waals surface area contributed by atoms with E-state index in [0.29, 0.717) is 11.7 Å². The Morgan fingerprint density at radius 3 is 2.65 bits per heavy atom. The molecule has 1 atom stereocenters. The average molecular weight is 347 g/mol. The molecule has 134 valence electrons. The van der Waals surface area contributed by atoms with Crippen LogP contribution < -0.4 is 5.73 Å². The number of fused-ring (bicyclic) bond motifs is 1. The summed E-state index contributed by atoms with van der Waals surface area (Å²) in [5.74, 6) is 0.752. The summed E-state index contributed by atoms with van der Waals surface area (Å²) in [6.45, 7) is 3.61. The fourth-order valence-corrected chi connectivity index (χ4v) is 4.75. The molecule has 1 fully saturated rings. The Labute approximate surface area is 154 Å². The second-order valence-corrected chi connectivity index (χ2v) is 7.45. The van der Waals surface area contributed by atoms with Crippen LogP contribution in [-0.4, -0.2) is 15.7 Å². The molecule has 2 N–H and O–H groups in total. The monoisotopic (exact) mass is 347 g/mol. The van der Waals surface area contributed by atoms with Gasteiger partial charge in [-0.15, -0.1) is 5.10 Å². The van der Waals surface area contributed by atoms with Gasteiger partial charge in [0, 0.05) is 17.4 Å². The number of hydrogen-bond donors (Lipinski definition) is 1. The van der Waals surface area contributed by atoms with Crippen LogP contribution in [0.15, 0.2) is 49.1 Å². The van der Waals surface area contributed by atoms with E-state index in [4.69, 9.17) is 5.73 Å². The molecule has 1 aromatic carbocycles. The summed E-state index contributed by atoms with van der Waals surface area (Å²) in [4.78, 5) is 12.3. The quantitative estimate of drug-likeness (QED) is 0.838. The molecule has 0 amide bonds. The molecular formula is C22H25N3O. The lowest BCUT2D eigenvalue weighted by Crippen LogP contribution is -2.39. The van der Waals surface area contributed by atoms with Crippen LogP contribution in [0.5, 0.6) is 0 Å². The van der Waals surface area contributed by atoms with Gasteiger partial charge in [-0.25, -0.2) is 0 Å². The molecule has 0 radical (unpaired) electrons. The van der Waals surface area contributed by atoms with Crippen molar-refractivity contribution in [2.75, 3.05) is 5.73 Å². The number of allylic oxidation sites excluding steroid dienone is 2. The lowest BCUT2D eigenvalue weighted by molar-refractivity contribution is 0.0949. The number of carbonyl (C=O) groups is 1. The largest absolute Gasteiger partial charge is 0.382 e. The van der Waals surface area contributed by atoms with E-state index in [0.717, 1.165) is 17.7 Å². The summed E-state index contributed by atoms with van der Waals surface area (Å²) in [5, 5.41) is 4.29. The van der Waals surface area contributed by atoms with Crippen LogP contribution in [0.4, 0.5) is 5.82 Å². The maximum Gasteiger partial charge on any atom is 0.270 e. The molecule has 1 aromatic heterocycles. The number of anilines is 1. The Morgan fingerprint density at radius 1 is 1.23 bits per heavy atom. The normalized spacial score (nSPS) is 22.8. The van der Waals surface area contributed by atoms with Gasteiger partial charge in [-0.1, -0.05) is 68.3 Å². The molecule has 0 saturated heterocycles. The van der Waals surface area contributed by atoms with Crippen LogP contribution in [0, 0.1) is 5.92 Å². The van der Waals surface area contributed by atoms with Gasteiger partial charge in [0.05, 0.1) is 5.69 Å². The summed E-state index contributed by atoms with van der Waals surface area (Å²) in [6.07, 6.45) is 12.7. The Hall–Kier alpha value is -2.62. The van der Waals surface area contributed by atoms with Gasteiger partial charge >= 0.3 is 0 Å². The minimum Gasteiger partial charge on any atom is -0.382 e. The number of benzene rings is 1. The van der Waals surface area contributed by atoms with Gasteiger partial charge in [-0.2, -0.15) is 4.68 Å². The van der Waals surface area contributed by atoms with Crippen LogP contribution in [0.3, 0.4) is 0 Å². The van der Waals surface area contributed by atoms with Crippen molar-refractivity contribution in [2.24, 2.45) is 5.92 Å². The molecule has 2 aromatic rings. The van der Waals surface area contributed by atoms with Crippen LogP contribution in [0.1, 0.15) is 53.7 Å². The topological polar surface area (TPSA) is 60.9 Å². The third kappa shape index (κ3) is 2.61.